The molecule has 1 aromatic carbocycles. The lowest BCUT2D eigenvalue weighted by Crippen LogP contribution is -1.91. The number of methoxy groups -OCH3 is 1. The van der Waals surface area contributed by atoms with Gasteiger partial charge in [0.1, 0.15) is 0 Å². The number of ether oxygens (including phenoxy) is 1. The molecule has 0 atom stereocenters. The maximum atomic E-state index is 13.3. The fourth-order valence-electron chi connectivity index (χ4n) is 1.29. The van der Waals surface area contributed by atoms with E-state index in [0.717, 1.165) is 3.57 Å². The van der Waals surface area contributed by atoms with E-state index >= 15 is 0 Å². The van der Waals surface area contributed by atoms with Gasteiger partial charge in [-0.1, -0.05) is 11.6 Å². The fourth-order valence-corrected chi connectivity index (χ4v) is 1.92. The summed E-state index contributed by atoms with van der Waals surface area (Å²) in [7, 11) is 1.42. The van der Waals surface area contributed by atoms with Crippen molar-refractivity contribution in [1.82, 2.24) is 4.98 Å². The average Bonchev–Trinajstić information content (AvgIpc) is 2.23. The van der Waals surface area contributed by atoms with Crippen LogP contribution in [0.1, 0.15) is 0 Å². The lowest BCUT2D eigenvalue weighted by atomic mass is 10.2. The number of pyridine rings is 1. The number of nitrogens with zero attached hydrogens (tertiary/aromatic N) is 1. The molecule has 0 saturated carbocycles. The molecule has 0 radical (unpaired) electrons. The highest BCUT2D eigenvalue weighted by atomic mass is 127. The van der Waals surface area contributed by atoms with E-state index in [-0.39, 0.29) is 5.75 Å². The van der Waals surface area contributed by atoms with Crippen molar-refractivity contribution in [2.75, 3.05) is 7.11 Å². The van der Waals surface area contributed by atoms with Crippen LogP contribution in [-0.2, 0) is 0 Å². The molecule has 15 heavy (non-hydrogen) atoms. The van der Waals surface area contributed by atoms with Crippen LogP contribution in [0, 0.1) is 9.39 Å². The van der Waals surface area contributed by atoms with Gasteiger partial charge >= 0.3 is 0 Å². The number of rotatable bonds is 1. The molecule has 2 rings (SSSR count). The van der Waals surface area contributed by atoms with Crippen LogP contribution in [0.25, 0.3) is 10.9 Å². The van der Waals surface area contributed by atoms with Gasteiger partial charge in [-0.05, 0) is 28.7 Å². The second kappa shape index (κ2) is 4.09. The monoisotopic (exact) mass is 337 g/mol. The van der Waals surface area contributed by atoms with Crippen molar-refractivity contribution in [1.29, 1.82) is 0 Å². The highest BCUT2D eigenvalue weighted by Crippen LogP contribution is 2.31. The third kappa shape index (κ3) is 1.88. The van der Waals surface area contributed by atoms with Gasteiger partial charge in [-0.2, -0.15) is 0 Å². The van der Waals surface area contributed by atoms with Crippen molar-refractivity contribution in [2.24, 2.45) is 0 Å². The molecule has 0 amide bonds. The van der Waals surface area contributed by atoms with Crippen molar-refractivity contribution in [3.63, 3.8) is 0 Å². The molecule has 2 nitrogen and oxygen atoms in total. The van der Waals surface area contributed by atoms with E-state index in [1.54, 1.807) is 12.3 Å². The Balaban J connectivity index is 2.82. The van der Waals surface area contributed by atoms with Crippen molar-refractivity contribution in [3.05, 3.63) is 32.7 Å². The summed E-state index contributed by atoms with van der Waals surface area (Å²) < 4.78 is 19.1. The maximum absolute atomic E-state index is 13.3. The normalized spacial score (nSPS) is 10.7. The molecular weight excluding hydrogens is 331 g/mol. The second-order valence-electron chi connectivity index (χ2n) is 2.92. The molecule has 0 unspecified atom stereocenters. The van der Waals surface area contributed by atoms with Gasteiger partial charge < -0.3 is 4.74 Å². The quantitative estimate of drug-likeness (QED) is 0.741. The van der Waals surface area contributed by atoms with E-state index in [4.69, 9.17) is 16.3 Å². The highest BCUT2D eigenvalue weighted by Gasteiger charge is 2.10. The van der Waals surface area contributed by atoms with Gasteiger partial charge in [0.05, 0.1) is 21.2 Å². The first-order valence-electron chi connectivity index (χ1n) is 4.10. The molecule has 2 aromatic rings. The van der Waals surface area contributed by atoms with Crippen LogP contribution >= 0.6 is 34.2 Å². The molecule has 0 N–H and O–H groups in total. The zero-order valence-corrected chi connectivity index (χ0v) is 10.6. The van der Waals surface area contributed by atoms with E-state index in [2.05, 4.69) is 27.6 Å². The molecule has 0 aliphatic heterocycles. The maximum Gasteiger partial charge on any atom is 0.167 e. The number of hydrogen-bond donors (Lipinski definition) is 0. The van der Waals surface area contributed by atoms with Crippen LogP contribution in [0.15, 0.2) is 18.3 Å². The zero-order chi connectivity index (χ0) is 11.0. The zero-order valence-electron chi connectivity index (χ0n) is 7.72. The Morgan fingerprint density at radius 2 is 2.20 bits per heavy atom. The van der Waals surface area contributed by atoms with Crippen molar-refractivity contribution >= 4 is 45.1 Å². The summed E-state index contributed by atoms with van der Waals surface area (Å²) in [6.07, 6.45) is 1.61. The third-order valence-electron chi connectivity index (χ3n) is 2.03. The summed E-state index contributed by atoms with van der Waals surface area (Å²) in [6.45, 7) is 0. The first-order chi connectivity index (χ1) is 7.13. The first-order valence-corrected chi connectivity index (χ1v) is 5.56. The molecule has 0 bridgehead atoms. The standard InChI is InChI=1S/C10H6ClFINO/c1-15-9-2-5-8(3-6(9)12)14-4-7(13)10(5)11/h2-4H,1H3. The summed E-state index contributed by atoms with van der Waals surface area (Å²) in [5, 5.41) is 1.26. The van der Waals surface area contributed by atoms with E-state index in [9.17, 15) is 4.39 Å². The van der Waals surface area contributed by atoms with E-state index < -0.39 is 5.82 Å². The molecule has 5 heteroatoms. The topological polar surface area (TPSA) is 22.1 Å². The summed E-state index contributed by atoms with van der Waals surface area (Å²) >= 11 is 8.16. The van der Waals surface area contributed by atoms with Crippen LogP contribution < -0.4 is 4.74 Å². The second-order valence-corrected chi connectivity index (χ2v) is 4.46. The largest absolute Gasteiger partial charge is 0.494 e. The third-order valence-corrected chi connectivity index (χ3v) is 3.58. The van der Waals surface area contributed by atoms with E-state index in [1.165, 1.54) is 13.2 Å². The van der Waals surface area contributed by atoms with Gasteiger partial charge in [0.2, 0.25) is 0 Å². The molecule has 0 saturated heterocycles. The average molecular weight is 338 g/mol. The fraction of sp³-hybridized carbons (Fsp3) is 0.100. The molecule has 0 aliphatic carbocycles. The van der Waals surface area contributed by atoms with Gasteiger partial charge in [-0.15, -0.1) is 0 Å². The lowest BCUT2D eigenvalue weighted by molar-refractivity contribution is 0.387. The van der Waals surface area contributed by atoms with Gasteiger partial charge in [0, 0.05) is 17.6 Å². The summed E-state index contributed by atoms with van der Waals surface area (Å²) in [4.78, 5) is 4.09. The molecule has 0 spiro atoms. The van der Waals surface area contributed by atoms with Crippen LogP contribution in [0.3, 0.4) is 0 Å². The first kappa shape index (κ1) is 10.9. The van der Waals surface area contributed by atoms with Crippen molar-refractivity contribution in [2.45, 2.75) is 0 Å². The smallest absolute Gasteiger partial charge is 0.167 e. The minimum atomic E-state index is -0.435. The SMILES string of the molecule is COc1cc2c(Cl)c(I)cnc2cc1F. The number of halogens is 3. The molecular formula is C10H6ClFINO. The van der Waals surface area contributed by atoms with Crippen LogP contribution in [0.5, 0.6) is 5.75 Å². The summed E-state index contributed by atoms with van der Waals surface area (Å²) in [5.41, 5.74) is 0.527. The van der Waals surface area contributed by atoms with Gasteiger partial charge in [0.25, 0.3) is 0 Å². The van der Waals surface area contributed by atoms with Crippen molar-refractivity contribution < 1.29 is 9.13 Å². The number of aromatic nitrogens is 1. The van der Waals surface area contributed by atoms with Crippen LogP contribution in [-0.4, -0.2) is 12.1 Å². The lowest BCUT2D eigenvalue weighted by Gasteiger charge is -2.06. The number of hydrogen-bond acceptors (Lipinski definition) is 2. The van der Waals surface area contributed by atoms with Gasteiger partial charge in [-0.25, -0.2) is 4.39 Å². The van der Waals surface area contributed by atoms with Crippen LogP contribution in [0.4, 0.5) is 4.39 Å². The minimum Gasteiger partial charge on any atom is -0.494 e. The number of fused-ring (bicyclic) bond motifs is 1. The summed E-state index contributed by atoms with van der Waals surface area (Å²) in [6, 6.07) is 2.87. The van der Waals surface area contributed by atoms with Crippen molar-refractivity contribution in [3.8, 4) is 5.75 Å². The molecule has 1 aromatic heterocycles. The molecule has 78 valence electrons. The summed E-state index contributed by atoms with van der Waals surface area (Å²) in [5.74, 6) is -0.261. The predicted octanol–water partition coefficient (Wildman–Crippen LogP) is 3.64. The minimum absolute atomic E-state index is 0.174. The number of benzene rings is 1. The Bertz CT molecular complexity index is 532. The highest BCUT2D eigenvalue weighted by molar-refractivity contribution is 14.1. The Labute approximate surface area is 105 Å². The molecule has 0 aliphatic rings. The van der Waals surface area contributed by atoms with Gasteiger partial charge in [0.15, 0.2) is 11.6 Å². The van der Waals surface area contributed by atoms with Gasteiger partial charge in [-0.3, -0.25) is 4.98 Å². The van der Waals surface area contributed by atoms with E-state index in [1.807, 2.05) is 0 Å². The van der Waals surface area contributed by atoms with Crippen LogP contribution in [0.2, 0.25) is 5.02 Å². The predicted molar refractivity (Wildman–Crippen MR) is 66.0 cm³/mol. The van der Waals surface area contributed by atoms with E-state index in [0.29, 0.717) is 15.9 Å². The Morgan fingerprint density at radius 3 is 2.87 bits per heavy atom. The molecule has 1 heterocycles. The Kier molecular flexibility index (Phi) is 2.97. The Hall–Kier alpha value is -0.620. The Morgan fingerprint density at radius 1 is 1.47 bits per heavy atom. The molecule has 0 fully saturated rings.